The summed E-state index contributed by atoms with van der Waals surface area (Å²) in [6.45, 7) is 4.37. The summed E-state index contributed by atoms with van der Waals surface area (Å²) in [5.74, 6) is 2.03. The van der Waals surface area contributed by atoms with E-state index in [4.69, 9.17) is 0 Å². The van der Waals surface area contributed by atoms with Crippen molar-refractivity contribution in [2.24, 2.45) is 0 Å². The molecule has 1 heterocycles. The van der Waals surface area contributed by atoms with E-state index in [-0.39, 0.29) is 18.0 Å². The highest BCUT2D eigenvalue weighted by atomic mass is 32.2. The van der Waals surface area contributed by atoms with Crippen LogP contribution < -0.4 is 5.32 Å². The molecule has 19 heavy (non-hydrogen) atoms. The molecule has 1 rings (SSSR count). The van der Waals surface area contributed by atoms with E-state index < -0.39 is 15.1 Å². The van der Waals surface area contributed by atoms with E-state index in [2.05, 4.69) is 5.32 Å². The molecule has 1 fully saturated rings. The summed E-state index contributed by atoms with van der Waals surface area (Å²) in [4.78, 5) is 13.7. The van der Waals surface area contributed by atoms with Crippen LogP contribution >= 0.6 is 11.8 Å². The van der Waals surface area contributed by atoms with Gasteiger partial charge in [-0.05, 0) is 13.8 Å². The molecule has 1 N–H and O–H groups in total. The fourth-order valence-electron chi connectivity index (χ4n) is 2.01. The lowest BCUT2D eigenvalue weighted by atomic mass is 10.1. The number of amides is 1. The van der Waals surface area contributed by atoms with Crippen LogP contribution in [0, 0.1) is 0 Å². The molecule has 0 saturated carbocycles. The van der Waals surface area contributed by atoms with Crippen molar-refractivity contribution < 1.29 is 13.2 Å². The normalized spacial score (nSPS) is 23.7. The number of carbonyl (C=O) groups is 1. The van der Waals surface area contributed by atoms with Crippen molar-refractivity contribution in [3.8, 4) is 0 Å². The minimum Gasteiger partial charge on any atom is -0.342 e. The van der Waals surface area contributed by atoms with Gasteiger partial charge < -0.3 is 10.2 Å². The van der Waals surface area contributed by atoms with Crippen LogP contribution in [0.25, 0.3) is 0 Å². The molecule has 1 saturated heterocycles. The number of carbonyl (C=O) groups excluding carboxylic acids is 1. The van der Waals surface area contributed by atoms with Gasteiger partial charge in [0.25, 0.3) is 0 Å². The fourth-order valence-corrected chi connectivity index (χ4v) is 3.85. The molecule has 3 unspecified atom stereocenters. The van der Waals surface area contributed by atoms with Crippen molar-refractivity contribution in [1.29, 1.82) is 0 Å². The van der Waals surface area contributed by atoms with Crippen LogP contribution in [0.15, 0.2) is 0 Å². The summed E-state index contributed by atoms with van der Waals surface area (Å²) in [5.41, 5.74) is 0. The summed E-state index contributed by atoms with van der Waals surface area (Å²) in [7, 11) is -1.44. The first kappa shape index (κ1) is 16.8. The van der Waals surface area contributed by atoms with Crippen LogP contribution in [0.3, 0.4) is 0 Å². The van der Waals surface area contributed by atoms with E-state index >= 15 is 0 Å². The molecule has 1 aliphatic heterocycles. The van der Waals surface area contributed by atoms with Crippen LogP contribution in [0.2, 0.25) is 0 Å². The summed E-state index contributed by atoms with van der Waals surface area (Å²) in [6.07, 6.45) is 1.65. The Balaban J connectivity index is 2.55. The second-order valence-electron chi connectivity index (χ2n) is 5.21. The van der Waals surface area contributed by atoms with Crippen molar-refractivity contribution in [2.75, 3.05) is 31.4 Å². The van der Waals surface area contributed by atoms with Crippen LogP contribution in [-0.4, -0.2) is 67.9 Å². The molecule has 0 aliphatic carbocycles. The average molecular weight is 308 g/mol. The van der Waals surface area contributed by atoms with Gasteiger partial charge in [-0.2, -0.15) is 11.8 Å². The molecule has 1 amide bonds. The lowest BCUT2D eigenvalue weighted by Gasteiger charge is -2.31. The monoisotopic (exact) mass is 308 g/mol. The summed E-state index contributed by atoms with van der Waals surface area (Å²) < 4.78 is 23.1. The molecule has 1 aliphatic rings. The lowest BCUT2D eigenvalue weighted by molar-refractivity contribution is -0.132. The molecular formula is C12H24N2O3S2. The highest BCUT2D eigenvalue weighted by Gasteiger charge is 2.29. The maximum atomic E-state index is 12.2. The topological polar surface area (TPSA) is 66.5 Å². The summed E-state index contributed by atoms with van der Waals surface area (Å²) in [5, 5.41) is 2.77. The molecule has 0 aromatic heterocycles. The third kappa shape index (κ3) is 4.96. The molecule has 0 spiro atoms. The van der Waals surface area contributed by atoms with E-state index in [0.29, 0.717) is 6.42 Å². The van der Waals surface area contributed by atoms with Gasteiger partial charge in [-0.3, -0.25) is 4.79 Å². The molecular weight excluding hydrogens is 284 g/mol. The smallest absolute Gasteiger partial charge is 0.224 e. The largest absolute Gasteiger partial charge is 0.342 e. The Hall–Kier alpha value is -0.270. The summed E-state index contributed by atoms with van der Waals surface area (Å²) in [6, 6.07) is -0.104. The Morgan fingerprint density at radius 2 is 2.11 bits per heavy atom. The molecule has 0 aromatic rings. The molecule has 0 aromatic carbocycles. The Kier molecular flexibility index (Phi) is 6.14. The van der Waals surface area contributed by atoms with Gasteiger partial charge in [0, 0.05) is 49.9 Å². The van der Waals surface area contributed by atoms with E-state index in [9.17, 15) is 13.2 Å². The third-order valence-electron chi connectivity index (χ3n) is 3.78. The zero-order valence-electron chi connectivity index (χ0n) is 12.0. The number of nitrogens with zero attached hydrogens (tertiary/aromatic N) is 1. The predicted octanol–water partition coefficient (Wildman–Crippen LogP) is 0.362. The van der Waals surface area contributed by atoms with Gasteiger partial charge in [0.05, 0.1) is 5.25 Å². The van der Waals surface area contributed by atoms with Crippen molar-refractivity contribution in [2.45, 2.75) is 37.6 Å². The fraction of sp³-hybridized carbons (Fsp3) is 0.917. The first-order chi connectivity index (χ1) is 8.73. The molecule has 5 nitrogen and oxygen atoms in total. The van der Waals surface area contributed by atoms with Crippen molar-refractivity contribution >= 4 is 27.5 Å². The Labute approximate surface area is 120 Å². The number of nitrogens with one attached hydrogen (secondary N) is 1. The van der Waals surface area contributed by atoms with Crippen LogP contribution in [-0.2, 0) is 14.6 Å². The minimum atomic E-state index is -3.13. The van der Waals surface area contributed by atoms with E-state index in [0.717, 1.165) is 18.1 Å². The minimum absolute atomic E-state index is 0.00278. The maximum absolute atomic E-state index is 12.2. The van der Waals surface area contributed by atoms with Gasteiger partial charge in [-0.25, -0.2) is 8.42 Å². The van der Waals surface area contributed by atoms with Gasteiger partial charge >= 0.3 is 0 Å². The Bertz CT molecular complexity index is 405. The highest BCUT2D eigenvalue weighted by Crippen LogP contribution is 2.14. The standard InChI is InChI=1S/C12H24N2O3S2/c1-9(10(2)19(4,16)17)14(3)12(15)7-11-8-18-6-5-13-11/h9-11,13H,5-8H2,1-4H3. The quantitative estimate of drug-likeness (QED) is 0.794. The van der Waals surface area contributed by atoms with Gasteiger partial charge in [-0.1, -0.05) is 0 Å². The third-order valence-corrected chi connectivity index (χ3v) is 6.65. The average Bonchev–Trinajstić information content (AvgIpc) is 2.36. The SMILES string of the molecule is CC(C(C)S(C)(=O)=O)N(C)C(=O)CC1CSCCN1. The first-order valence-corrected chi connectivity index (χ1v) is 9.60. The number of hydrogen-bond donors (Lipinski definition) is 1. The van der Waals surface area contributed by atoms with E-state index in [1.54, 1.807) is 25.8 Å². The zero-order chi connectivity index (χ0) is 14.6. The van der Waals surface area contributed by atoms with Gasteiger partial charge in [-0.15, -0.1) is 0 Å². The summed E-state index contributed by atoms with van der Waals surface area (Å²) >= 11 is 1.85. The Morgan fingerprint density at radius 1 is 1.47 bits per heavy atom. The number of sulfone groups is 1. The molecule has 7 heteroatoms. The highest BCUT2D eigenvalue weighted by molar-refractivity contribution is 7.99. The van der Waals surface area contributed by atoms with Crippen LogP contribution in [0.4, 0.5) is 0 Å². The molecule has 0 bridgehead atoms. The molecule has 0 radical (unpaired) electrons. The number of hydrogen-bond acceptors (Lipinski definition) is 5. The van der Waals surface area contributed by atoms with Crippen molar-refractivity contribution in [3.05, 3.63) is 0 Å². The predicted molar refractivity (Wildman–Crippen MR) is 80.3 cm³/mol. The van der Waals surface area contributed by atoms with E-state index in [1.165, 1.54) is 6.26 Å². The molecule has 3 atom stereocenters. The van der Waals surface area contributed by atoms with Gasteiger partial charge in [0.1, 0.15) is 0 Å². The number of thioether (sulfide) groups is 1. The van der Waals surface area contributed by atoms with E-state index in [1.807, 2.05) is 11.8 Å². The number of rotatable bonds is 5. The zero-order valence-corrected chi connectivity index (χ0v) is 13.7. The Morgan fingerprint density at radius 3 is 2.58 bits per heavy atom. The first-order valence-electron chi connectivity index (χ1n) is 6.49. The second-order valence-corrected chi connectivity index (χ2v) is 8.76. The molecule has 112 valence electrons. The second kappa shape index (κ2) is 6.95. The lowest BCUT2D eigenvalue weighted by Crippen LogP contribution is -2.47. The maximum Gasteiger partial charge on any atom is 0.224 e. The van der Waals surface area contributed by atoms with Gasteiger partial charge in [0.2, 0.25) is 5.91 Å². The van der Waals surface area contributed by atoms with Crippen molar-refractivity contribution in [1.82, 2.24) is 10.2 Å². The van der Waals surface area contributed by atoms with Crippen LogP contribution in [0.5, 0.6) is 0 Å². The van der Waals surface area contributed by atoms with Crippen molar-refractivity contribution in [3.63, 3.8) is 0 Å². The van der Waals surface area contributed by atoms with Crippen LogP contribution in [0.1, 0.15) is 20.3 Å². The van der Waals surface area contributed by atoms with Gasteiger partial charge in [0.15, 0.2) is 9.84 Å².